The molecule has 1 aromatic heterocycles. The summed E-state index contributed by atoms with van der Waals surface area (Å²) < 4.78 is 7.54. The van der Waals surface area contributed by atoms with Crippen LogP contribution >= 0.6 is 23.8 Å². The SMILES string of the molecule is O=C(CCCCCn1c(=S)[nH]c2ccc(N3CCOCC3)cc2c1=O)N1CCN(c2cccc(Cl)c2)CC1. The fourth-order valence-electron chi connectivity index (χ4n) is 5.23. The molecule has 1 N–H and O–H groups in total. The van der Waals surface area contributed by atoms with Crippen molar-refractivity contribution in [3.63, 3.8) is 0 Å². The largest absolute Gasteiger partial charge is 0.378 e. The van der Waals surface area contributed by atoms with Gasteiger partial charge in [0, 0.05) is 68.6 Å². The molecule has 5 rings (SSSR count). The number of rotatable bonds is 8. The van der Waals surface area contributed by atoms with Crippen molar-refractivity contribution in [2.75, 3.05) is 62.3 Å². The second kappa shape index (κ2) is 12.3. The second-order valence-electron chi connectivity index (χ2n) is 9.87. The normalized spacial score (nSPS) is 16.3. The van der Waals surface area contributed by atoms with Gasteiger partial charge >= 0.3 is 0 Å². The van der Waals surface area contributed by atoms with Crippen LogP contribution in [0.2, 0.25) is 5.02 Å². The summed E-state index contributed by atoms with van der Waals surface area (Å²) in [6, 6.07) is 13.8. The highest BCUT2D eigenvalue weighted by Gasteiger charge is 2.21. The first kappa shape index (κ1) is 26.7. The monoisotopic (exact) mass is 555 g/mol. The van der Waals surface area contributed by atoms with Crippen LogP contribution in [0.25, 0.3) is 10.9 Å². The number of nitrogens with zero attached hydrogens (tertiary/aromatic N) is 4. The highest BCUT2D eigenvalue weighted by Crippen LogP contribution is 2.22. The number of aromatic amines is 1. The Morgan fingerprint density at radius 2 is 1.66 bits per heavy atom. The van der Waals surface area contributed by atoms with Crippen LogP contribution < -0.4 is 15.4 Å². The number of ether oxygens (including phenoxy) is 1. The molecule has 0 saturated carbocycles. The molecule has 8 nitrogen and oxygen atoms in total. The summed E-state index contributed by atoms with van der Waals surface area (Å²) in [5.41, 5.74) is 2.83. The minimum absolute atomic E-state index is 0.0625. The summed E-state index contributed by atoms with van der Waals surface area (Å²) in [4.78, 5) is 35.7. The number of carbonyl (C=O) groups excluding carboxylic acids is 1. The average Bonchev–Trinajstić information content (AvgIpc) is 2.94. The first-order chi connectivity index (χ1) is 18.5. The zero-order valence-electron chi connectivity index (χ0n) is 21.5. The predicted octanol–water partition coefficient (Wildman–Crippen LogP) is 4.46. The molecule has 0 atom stereocenters. The first-order valence-electron chi connectivity index (χ1n) is 13.4. The van der Waals surface area contributed by atoms with Crippen molar-refractivity contribution < 1.29 is 9.53 Å². The number of hydrogen-bond donors (Lipinski definition) is 1. The van der Waals surface area contributed by atoms with E-state index < -0.39 is 0 Å². The van der Waals surface area contributed by atoms with Gasteiger partial charge in [0.05, 0.1) is 24.1 Å². The quantitative estimate of drug-likeness (QED) is 0.327. The van der Waals surface area contributed by atoms with Gasteiger partial charge in [-0.25, -0.2) is 0 Å². The topological polar surface area (TPSA) is 73.8 Å². The van der Waals surface area contributed by atoms with Gasteiger partial charge in [0.2, 0.25) is 5.91 Å². The standard InChI is InChI=1S/C28H34ClN5O3S/c29-21-5-4-6-22(19-21)31-11-13-33(14-12-31)26(35)7-2-1-3-10-34-27(36)24-20-23(32-15-17-37-18-16-32)8-9-25(24)30-28(34)38/h4-6,8-9,19-20H,1-3,7,10-18H2,(H,30,38). The highest BCUT2D eigenvalue weighted by atomic mass is 35.5. The van der Waals surface area contributed by atoms with E-state index in [4.69, 9.17) is 28.6 Å². The summed E-state index contributed by atoms with van der Waals surface area (Å²) in [7, 11) is 0. The summed E-state index contributed by atoms with van der Waals surface area (Å²) >= 11 is 11.6. The van der Waals surface area contributed by atoms with Gasteiger partial charge in [0.15, 0.2) is 4.77 Å². The molecular weight excluding hydrogens is 522 g/mol. The molecule has 202 valence electrons. The summed E-state index contributed by atoms with van der Waals surface area (Å²) in [5.74, 6) is 0.201. The van der Waals surface area contributed by atoms with E-state index in [-0.39, 0.29) is 11.5 Å². The van der Waals surface area contributed by atoms with Gasteiger partial charge in [-0.1, -0.05) is 24.1 Å². The van der Waals surface area contributed by atoms with Gasteiger partial charge < -0.3 is 24.4 Å². The Kier molecular flexibility index (Phi) is 8.66. The minimum Gasteiger partial charge on any atom is -0.378 e. The van der Waals surface area contributed by atoms with E-state index in [0.717, 1.165) is 80.4 Å². The van der Waals surface area contributed by atoms with Gasteiger partial charge in [0.1, 0.15) is 0 Å². The Labute approximate surface area is 232 Å². The number of benzene rings is 2. The Balaban J connectivity index is 1.10. The number of H-pyrrole nitrogens is 1. The smallest absolute Gasteiger partial charge is 0.262 e. The number of unbranched alkanes of at least 4 members (excludes halogenated alkanes) is 2. The highest BCUT2D eigenvalue weighted by molar-refractivity contribution is 7.71. The second-order valence-corrected chi connectivity index (χ2v) is 10.7. The molecule has 2 fully saturated rings. The molecular formula is C28H34ClN5O3S. The van der Waals surface area contributed by atoms with Crippen molar-refractivity contribution in [3.05, 3.63) is 62.6 Å². The van der Waals surface area contributed by atoms with Gasteiger partial charge in [-0.15, -0.1) is 0 Å². The van der Waals surface area contributed by atoms with Crippen LogP contribution in [-0.2, 0) is 16.1 Å². The molecule has 1 amide bonds. The van der Waals surface area contributed by atoms with Crippen LogP contribution in [0.1, 0.15) is 25.7 Å². The molecule has 0 bridgehead atoms. The fraction of sp³-hybridized carbons (Fsp3) is 0.464. The number of carbonyl (C=O) groups is 1. The van der Waals surface area contributed by atoms with Crippen molar-refractivity contribution in [3.8, 4) is 0 Å². The van der Waals surface area contributed by atoms with Crippen LogP contribution in [0, 0.1) is 4.77 Å². The lowest BCUT2D eigenvalue weighted by atomic mass is 10.1. The minimum atomic E-state index is -0.0625. The fourth-order valence-corrected chi connectivity index (χ4v) is 5.70. The lowest BCUT2D eigenvalue weighted by molar-refractivity contribution is -0.131. The third kappa shape index (κ3) is 6.22. The average molecular weight is 556 g/mol. The Bertz CT molecular complexity index is 1390. The summed E-state index contributed by atoms with van der Waals surface area (Å²) in [6.45, 7) is 6.63. The van der Waals surface area contributed by atoms with Crippen molar-refractivity contribution in [1.29, 1.82) is 0 Å². The first-order valence-corrected chi connectivity index (χ1v) is 14.2. The number of anilines is 2. The van der Waals surface area contributed by atoms with Gasteiger partial charge in [-0.3, -0.25) is 14.2 Å². The van der Waals surface area contributed by atoms with Crippen LogP contribution in [0.3, 0.4) is 0 Å². The summed E-state index contributed by atoms with van der Waals surface area (Å²) in [5, 5.41) is 1.38. The molecule has 2 saturated heterocycles. The maximum atomic E-state index is 13.3. The van der Waals surface area contributed by atoms with E-state index in [1.165, 1.54) is 0 Å². The number of nitrogens with one attached hydrogen (secondary N) is 1. The predicted molar refractivity (Wildman–Crippen MR) is 155 cm³/mol. The maximum absolute atomic E-state index is 13.3. The molecule has 10 heteroatoms. The lowest BCUT2D eigenvalue weighted by Gasteiger charge is -2.36. The molecule has 2 aliphatic rings. The van der Waals surface area contributed by atoms with E-state index in [0.29, 0.717) is 36.3 Å². The molecule has 0 spiro atoms. The van der Waals surface area contributed by atoms with Crippen molar-refractivity contribution in [2.24, 2.45) is 0 Å². The molecule has 3 aromatic rings. The number of morpholine rings is 1. The van der Waals surface area contributed by atoms with Gasteiger partial charge in [-0.2, -0.15) is 0 Å². The van der Waals surface area contributed by atoms with Crippen molar-refractivity contribution in [2.45, 2.75) is 32.2 Å². The molecule has 0 radical (unpaired) electrons. The van der Waals surface area contributed by atoms with Crippen LogP contribution in [0.4, 0.5) is 11.4 Å². The molecule has 2 aliphatic heterocycles. The number of amides is 1. The third-order valence-electron chi connectivity index (χ3n) is 7.42. The van der Waals surface area contributed by atoms with E-state index in [9.17, 15) is 9.59 Å². The number of piperazine rings is 1. The zero-order chi connectivity index (χ0) is 26.5. The number of aromatic nitrogens is 2. The third-order valence-corrected chi connectivity index (χ3v) is 7.98. The molecule has 0 aliphatic carbocycles. The van der Waals surface area contributed by atoms with Crippen LogP contribution in [0.5, 0.6) is 0 Å². The molecule has 38 heavy (non-hydrogen) atoms. The maximum Gasteiger partial charge on any atom is 0.262 e. The van der Waals surface area contributed by atoms with Gasteiger partial charge in [0.25, 0.3) is 5.56 Å². The van der Waals surface area contributed by atoms with Crippen LogP contribution in [0.15, 0.2) is 47.3 Å². The summed E-state index contributed by atoms with van der Waals surface area (Å²) in [6.07, 6.45) is 2.98. The van der Waals surface area contributed by atoms with E-state index in [1.54, 1.807) is 4.57 Å². The Morgan fingerprint density at radius 1 is 0.921 bits per heavy atom. The van der Waals surface area contributed by atoms with E-state index in [1.807, 2.05) is 41.3 Å². The van der Waals surface area contributed by atoms with Crippen molar-refractivity contribution in [1.82, 2.24) is 14.5 Å². The Morgan fingerprint density at radius 3 is 2.42 bits per heavy atom. The van der Waals surface area contributed by atoms with Crippen LogP contribution in [-0.4, -0.2) is 72.8 Å². The van der Waals surface area contributed by atoms with E-state index >= 15 is 0 Å². The Hall–Kier alpha value is -2.88. The zero-order valence-corrected chi connectivity index (χ0v) is 23.1. The number of fused-ring (bicyclic) bond motifs is 1. The van der Waals surface area contributed by atoms with Gasteiger partial charge in [-0.05, 0) is 61.5 Å². The van der Waals surface area contributed by atoms with Crippen molar-refractivity contribution >= 4 is 52.0 Å². The lowest BCUT2D eigenvalue weighted by Crippen LogP contribution is -2.48. The molecule has 3 heterocycles. The number of hydrogen-bond acceptors (Lipinski definition) is 6. The molecule has 2 aromatic carbocycles. The van der Waals surface area contributed by atoms with E-state index in [2.05, 4.69) is 20.9 Å². The number of halogens is 1. The molecule has 0 unspecified atom stereocenters.